The summed E-state index contributed by atoms with van der Waals surface area (Å²) in [5, 5.41) is 9.60. The first-order valence-electron chi connectivity index (χ1n) is 9.98. The van der Waals surface area contributed by atoms with Gasteiger partial charge in [-0.15, -0.1) is 0 Å². The van der Waals surface area contributed by atoms with Gasteiger partial charge in [-0.3, -0.25) is 4.72 Å². The number of aromatic carboxylic acids is 1. The van der Waals surface area contributed by atoms with E-state index in [2.05, 4.69) is 4.72 Å². The van der Waals surface area contributed by atoms with E-state index in [0.717, 1.165) is 5.56 Å². The van der Waals surface area contributed by atoms with Crippen molar-refractivity contribution in [2.24, 2.45) is 0 Å². The van der Waals surface area contributed by atoms with Gasteiger partial charge in [0.1, 0.15) is 17.2 Å². The van der Waals surface area contributed by atoms with Crippen LogP contribution in [0.1, 0.15) is 35.3 Å². The summed E-state index contributed by atoms with van der Waals surface area (Å²) in [6.45, 7) is 3.54. The van der Waals surface area contributed by atoms with Crippen LogP contribution < -0.4 is 14.2 Å². The van der Waals surface area contributed by atoms with E-state index in [9.17, 15) is 18.3 Å². The molecule has 0 heterocycles. The number of hydrogen-bond donors (Lipinski definition) is 2. The summed E-state index contributed by atoms with van der Waals surface area (Å²) in [6, 6.07) is 18.5. The molecule has 0 unspecified atom stereocenters. The first-order chi connectivity index (χ1) is 15.2. The van der Waals surface area contributed by atoms with Crippen molar-refractivity contribution in [1.29, 1.82) is 0 Å². The van der Waals surface area contributed by atoms with Crippen LogP contribution in [0.5, 0.6) is 11.5 Å². The van der Waals surface area contributed by atoms with Gasteiger partial charge in [0.25, 0.3) is 10.0 Å². The Hall–Kier alpha value is -3.52. The Morgan fingerprint density at radius 2 is 1.75 bits per heavy atom. The van der Waals surface area contributed by atoms with Gasteiger partial charge in [0.15, 0.2) is 0 Å². The smallest absolute Gasteiger partial charge is 0.337 e. The molecule has 0 aliphatic carbocycles. The van der Waals surface area contributed by atoms with Gasteiger partial charge in [0.05, 0.1) is 23.7 Å². The average molecular weight is 456 g/mol. The fraction of sp³-hybridized carbons (Fsp3) is 0.208. The molecule has 0 saturated heterocycles. The lowest BCUT2D eigenvalue weighted by molar-refractivity contribution is 0.0697. The van der Waals surface area contributed by atoms with E-state index in [1.54, 1.807) is 26.0 Å². The summed E-state index contributed by atoms with van der Waals surface area (Å²) in [5.74, 6) is -0.609. The Kier molecular flexibility index (Phi) is 7.05. The molecule has 3 aromatic carbocycles. The van der Waals surface area contributed by atoms with Crippen molar-refractivity contribution in [2.75, 3.05) is 11.8 Å². The van der Waals surface area contributed by atoms with Crippen molar-refractivity contribution in [2.45, 2.75) is 31.3 Å². The second-order valence-electron chi connectivity index (χ2n) is 7.39. The predicted molar refractivity (Wildman–Crippen MR) is 122 cm³/mol. The molecule has 0 aliphatic heterocycles. The van der Waals surface area contributed by atoms with Crippen molar-refractivity contribution < 1.29 is 27.8 Å². The molecule has 0 amide bonds. The maximum absolute atomic E-state index is 13.4. The molecule has 0 aromatic heterocycles. The lowest BCUT2D eigenvalue weighted by Crippen LogP contribution is -2.19. The number of rotatable bonds is 9. The summed E-state index contributed by atoms with van der Waals surface area (Å²) in [6.07, 6.45) is 0.0708. The van der Waals surface area contributed by atoms with Gasteiger partial charge in [0.2, 0.25) is 0 Å². The Balaban J connectivity index is 2.09. The highest BCUT2D eigenvalue weighted by Gasteiger charge is 2.25. The second-order valence-corrected chi connectivity index (χ2v) is 9.04. The van der Waals surface area contributed by atoms with E-state index >= 15 is 0 Å². The van der Waals surface area contributed by atoms with Crippen LogP contribution in [0.25, 0.3) is 0 Å². The maximum Gasteiger partial charge on any atom is 0.337 e. The van der Waals surface area contributed by atoms with Crippen LogP contribution in [-0.4, -0.2) is 32.7 Å². The van der Waals surface area contributed by atoms with Crippen molar-refractivity contribution in [3.63, 3.8) is 0 Å². The standard InChI is InChI=1S/C24H25NO6S/c1-16(2)31-21-11-7-10-20(24(26)27)23(21)25-32(28,29)22-13-12-19(30-3)15-18(22)14-17-8-5-4-6-9-17/h4-13,15-16,25H,14H2,1-3H3,(H,26,27). The van der Waals surface area contributed by atoms with Gasteiger partial charge in [-0.2, -0.15) is 0 Å². The van der Waals surface area contributed by atoms with Gasteiger partial charge in [-0.05, 0) is 61.7 Å². The molecule has 3 aromatic rings. The Labute approximate surface area is 187 Å². The van der Waals surface area contributed by atoms with Gasteiger partial charge in [0, 0.05) is 0 Å². The van der Waals surface area contributed by atoms with Crippen LogP contribution in [-0.2, 0) is 16.4 Å². The molecule has 168 valence electrons. The summed E-state index contributed by atoms with van der Waals surface area (Å²) in [4.78, 5) is 11.8. The minimum absolute atomic E-state index is 0.0258. The fourth-order valence-electron chi connectivity index (χ4n) is 3.25. The molecule has 0 spiro atoms. The second kappa shape index (κ2) is 9.74. The number of carboxylic acids is 1. The predicted octanol–water partition coefficient (Wildman–Crippen LogP) is 4.57. The first-order valence-corrected chi connectivity index (χ1v) is 11.5. The van der Waals surface area contributed by atoms with E-state index in [0.29, 0.717) is 17.7 Å². The summed E-state index contributed by atoms with van der Waals surface area (Å²) < 4.78 is 40.2. The minimum Gasteiger partial charge on any atom is -0.497 e. The quantitative estimate of drug-likeness (QED) is 0.490. The van der Waals surface area contributed by atoms with Gasteiger partial charge < -0.3 is 14.6 Å². The molecule has 0 atom stereocenters. The van der Waals surface area contributed by atoms with E-state index in [4.69, 9.17) is 9.47 Å². The van der Waals surface area contributed by atoms with Crippen molar-refractivity contribution in [3.05, 3.63) is 83.4 Å². The fourth-order valence-corrected chi connectivity index (χ4v) is 4.57. The first kappa shape index (κ1) is 23.1. The van der Waals surface area contributed by atoms with Crippen LogP contribution in [0.4, 0.5) is 5.69 Å². The maximum atomic E-state index is 13.4. The lowest BCUT2D eigenvalue weighted by Gasteiger charge is -2.19. The molecular formula is C24H25NO6S. The highest BCUT2D eigenvalue weighted by Crippen LogP contribution is 2.33. The van der Waals surface area contributed by atoms with E-state index in [1.807, 2.05) is 30.3 Å². The molecule has 0 radical (unpaired) electrons. The van der Waals surface area contributed by atoms with E-state index in [-0.39, 0.29) is 28.0 Å². The highest BCUT2D eigenvalue weighted by molar-refractivity contribution is 7.92. The Morgan fingerprint density at radius 1 is 1.03 bits per heavy atom. The molecule has 0 bridgehead atoms. The molecule has 3 rings (SSSR count). The number of nitrogens with one attached hydrogen (secondary N) is 1. The van der Waals surface area contributed by atoms with Gasteiger partial charge >= 0.3 is 5.97 Å². The molecule has 0 fully saturated rings. The van der Waals surface area contributed by atoms with Crippen LogP contribution in [0.15, 0.2) is 71.6 Å². The number of hydrogen-bond acceptors (Lipinski definition) is 5. The molecule has 2 N–H and O–H groups in total. The number of para-hydroxylation sites is 1. The topological polar surface area (TPSA) is 102 Å². The van der Waals surface area contributed by atoms with E-state index in [1.165, 1.54) is 31.4 Å². The van der Waals surface area contributed by atoms with Crippen molar-refractivity contribution in [3.8, 4) is 11.5 Å². The van der Waals surface area contributed by atoms with Crippen LogP contribution >= 0.6 is 0 Å². The van der Waals surface area contributed by atoms with Gasteiger partial charge in [-0.1, -0.05) is 36.4 Å². The highest BCUT2D eigenvalue weighted by atomic mass is 32.2. The van der Waals surface area contributed by atoms with Crippen LogP contribution in [0, 0.1) is 0 Å². The number of sulfonamides is 1. The summed E-state index contributed by atoms with van der Waals surface area (Å²) >= 11 is 0. The number of anilines is 1. The zero-order chi connectivity index (χ0) is 23.3. The SMILES string of the molecule is COc1ccc(S(=O)(=O)Nc2c(OC(C)C)cccc2C(=O)O)c(Cc2ccccc2)c1. The zero-order valence-electron chi connectivity index (χ0n) is 18.0. The molecule has 8 heteroatoms. The third-order valence-corrected chi connectivity index (χ3v) is 6.10. The average Bonchev–Trinajstić information content (AvgIpc) is 2.74. The van der Waals surface area contributed by atoms with Gasteiger partial charge in [-0.25, -0.2) is 13.2 Å². The monoisotopic (exact) mass is 455 g/mol. The van der Waals surface area contributed by atoms with Crippen LogP contribution in [0.3, 0.4) is 0 Å². The van der Waals surface area contributed by atoms with E-state index < -0.39 is 16.0 Å². The normalized spacial score (nSPS) is 11.2. The zero-order valence-corrected chi connectivity index (χ0v) is 18.8. The lowest BCUT2D eigenvalue weighted by atomic mass is 10.0. The minimum atomic E-state index is -4.15. The largest absolute Gasteiger partial charge is 0.497 e. The molecule has 0 aliphatic rings. The summed E-state index contributed by atoms with van der Waals surface area (Å²) in [7, 11) is -2.65. The van der Waals surface area contributed by atoms with Crippen molar-refractivity contribution in [1.82, 2.24) is 0 Å². The summed E-state index contributed by atoms with van der Waals surface area (Å²) in [5.41, 5.74) is 1.12. The third kappa shape index (κ3) is 5.39. The third-order valence-electron chi connectivity index (χ3n) is 4.65. The van der Waals surface area contributed by atoms with Crippen LogP contribution in [0.2, 0.25) is 0 Å². The number of methoxy groups -OCH3 is 1. The number of carboxylic acid groups (broad SMARTS) is 1. The van der Waals surface area contributed by atoms with Crippen molar-refractivity contribution >= 4 is 21.7 Å². The molecule has 32 heavy (non-hydrogen) atoms. The molecule has 7 nitrogen and oxygen atoms in total. The molecular weight excluding hydrogens is 430 g/mol. The number of carbonyl (C=O) groups is 1. The Morgan fingerprint density at radius 3 is 2.38 bits per heavy atom. The Bertz CT molecular complexity index is 1210. The number of benzene rings is 3. The molecule has 0 saturated carbocycles. The number of ether oxygens (including phenoxy) is 2.